The fourth-order valence-electron chi connectivity index (χ4n) is 6.07. The highest BCUT2D eigenvalue weighted by molar-refractivity contribution is 5.88. The zero-order chi connectivity index (χ0) is 22.0. The van der Waals surface area contributed by atoms with Gasteiger partial charge in [0, 0.05) is 12.5 Å². The van der Waals surface area contributed by atoms with Crippen LogP contribution in [0.5, 0.6) is 0 Å². The van der Waals surface area contributed by atoms with Gasteiger partial charge in [-0.3, -0.25) is 9.63 Å². The number of aliphatic hydroxyl groups is 1. The number of fused-ring (bicyclic) bond motifs is 7. The van der Waals surface area contributed by atoms with Crippen LogP contribution >= 0.6 is 0 Å². The van der Waals surface area contributed by atoms with E-state index in [1.807, 2.05) is 42.5 Å². The molecule has 5 aliphatic rings. The summed E-state index contributed by atoms with van der Waals surface area (Å²) in [5.74, 6) is -1.37. The molecule has 168 valence electrons. The first-order chi connectivity index (χ1) is 15.5. The predicted octanol–water partition coefficient (Wildman–Crippen LogP) is 1.44. The van der Waals surface area contributed by atoms with E-state index in [1.165, 1.54) is 9.96 Å². The number of amides is 3. The summed E-state index contributed by atoms with van der Waals surface area (Å²) in [6.07, 6.45) is 4.79. The number of hydrogen-bond donors (Lipinski definition) is 1. The van der Waals surface area contributed by atoms with Crippen LogP contribution in [0.4, 0.5) is 4.79 Å². The predicted molar refractivity (Wildman–Crippen MR) is 109 cm³/mol. The fourth-order valence-corrected chi connectivity index (χ4v) is 6.07. The zero-order valence-electron chi connectivity index (χ0n) is 17.4. The van der Waals surface area contributed by atoms with Crippen molar-refractivity contribution < 1.29 is 29.2 Å². The van der Waals surface area contributed by atoms with Gasteiger partial charge in [0.2, 0.25) is 0 Å². The van der Waals surface area contributed by atoms with E-state index in [2.05, 4.69) is 0 Å². The van der Waals surface area contributed by atoms with Crippen LogP contribution in [0.25, 0.3) is 0 Å². The quantitative estimate of drug-likeness (QED) is 0.697. The summed E-state index contributed by atoms with van der Waals surface area (Å²) in [6, 6.07) is 8.25. The average molecular weight is 439 g/mol. The molecule has 3 aliphatic heterocycles. The lowest BCUT2D eigenvalue weighted by atomic mass is 9.85. The number of urea groups is 1. The Morgan fingerprint density at radius 1 is 1.06 bits per heavy atom. The summed E-state index contributed by atoms with van der Waals surface area (Å²) in [5.41, 5.74) is 0.947. The van der Waals surface area contributed by atoms with Crippen molar-refractivity contribution in [2.75, 3.05) is 6.54 Å². The first-order valence-corrected chi connectivity index (χ1v) is 11.2. The molecule has 1 saturated carbocycles. The number of aliphatic hydroxyl groups excluding tert-OH is 1. The van der Waals surface area contributed by atoms with E-state index in [-0.39, 0.29) is 48.3 Å². The lowest BCUT2D eigenvalue weighted by Crippen LogP contribution is -2.49. The summed E-state index contributed by atoms with van der Waals surface area (Å²) in [5, 5.41) is 12.9. The molecule has 3 heterocycles. The molecule has 3 amide bonds. The molecule has 9 nitrogen and oxygen atoms in total. The molecule has 0 radical (unpaired) electrons. The van der Waals surface area contributed by atoms with Gasteiger partial charge in [0.15, 0.2) is 6.23 Å². The second kappa shape index (κ2) is 7.31. The normalized spacial score (nSPS) is 36.9. The van der Waals surface area contributed by atoms with Gasteiger partial charge in [0.05, 0.1) is 12.0 Å². The van der Waals surface area contributed by atoms with Gasteiger partial charge >= 0.3 is 12.0 Å². The first kappa shape index (κ1) is 19.8. The van der Waals surface area contributed by atoms with Crippen molar-refractivity contribution in [2.24, 2.45) is 23.7 Å². The second-order valence-corrected chi connectivity index (χ2v) is 9.31. The molecular weight excluding hydrogens is 414 g/mol. The van der Waals surface area contributed by atoms with Crippen LogP contribution in [-0.2, 0) is 25.9 Å². The molecule has 1 aromatic carbocycles. The maximum absolute atomic E-state index is 13.0. The molecule has 1 N–H and O–H groups in total. The molecule has 3 unspecified atom stereocenters. The fraction of sp³-hybridized carbons (Fsp3) is 0.522. The number of hydrogen-bond acceptors (Lipinski definition) is 6. The summed E-state index contributed by atoms with van der Waals surface area (Å²) in [6.45, 7) is 0.628. The molecule has 6 rings (SSSR count). The van der Waals surface area contributed by atoms with Gasteiger partial charge in [0.1, 0.15) is 12.6 Å². The Morgan fingerprint density at radius 3 is 2.62 bits per heavy atom. The zero-order valence-corrected chi connectivity index (χ0v) is 17.4. The van der Waals surface area contributed by atoms with Crippen molar-refractivity contribution in [3.8, 4) is 0 Å². The highest BCUT2D eigenvalue weighted by Gasteiger charge is 2.61. The standard InChI is InChI=1S/C23H25N3O6/c27-20-18-14-6-7-15(10-14)19(18)21(28)26(20)32-22(29)17-9-8-16-11-24(17)23(30)25(16)31-12-13-4-2-1-3-5-13/h1-7,14-20,27H,8-12H2/t14-,15+,16-,17+,18?,19?,20?/m1/s1. The van der Waals surface area contributed by atoms with Gasteiger partial charge in [0.25, 0.3) is 5.91 Å². The first-order valence-electron chi connectivity index (χ1n) is 11.2. The summed E-state index contributed by atoms with van der Waals surface area (Å²) < 4.78 is 0. The van der Waals surface area contributed by atoms with Gasteiger partial charge in [-0.05, 0) is 36.7 Å². The van der Waals surface area contributed by atoms with Crippen molar-refractivity contribution in [3.05, 3.63) is 48.0 Å². The Morgan fingerprint density at radius 2 is 1.84 bits per heavy atom. The number of benzene rings is 1. The summed E-state index contributed by atoms with van der Waals surface area (Å²) >= 11 is 0. The maximum Gasteiger partial charge on any atom is 0.354 e. The van der Waals surface area contributed by atoms with Crippen LogP contribution in [0.2, 0.25) is 0 Å². The van der Waals surface area contributed by atoms with Crippen molar-refractivity contribution in [3.63, 3.8) is 0 Å². The Labute approximate surface area is 185 Å². The van der Waals surface area contributed by atoms with Crippen molar-refractivity contribution in [1.82, 2.24) is 15.0 Å². The number of hydroxylamine groups is 4. The van der Waals surface area contributed by atoms with Crippen LogP contribution in [0, 0.1) is 23.7 Å². The largest absolute Gasteiger partial charge is 0.370 e. The molecule has 4 fully saturated rings. The van der Waals surface area contributed by atoms with Crippen LogP contribution < -0.4 is 0 Å². The SMILES string of the molecule is O=C(ON1C(=O)C2C(C1O)[C@@H]1C=C[C@H]2C1)[C@@H]1CC[C@@H]2CN1C(=O)N2OCc1ccccc1. The Hall–Kier alpha value is -2.91. The number of rotatable bonds is 5. The van der Waals surface area contributed by atoms with Crippen LogP contribution in [0.15, 0.2) is 42.5 Å². The molecule has 1 aromatic rings. The number of allylic oxidation sites excluding steroid dienone is 2. The van der Waals surface area contributed by atoms with Crippen molar-refractivity contribution in [1.29, 1.82) is 0 Å². The lowest BCUT2D eigenvalue weighted by Gasteiger charge is -2.30. The molecule has 0 spiro atoms. The van der Waals surface area contributed by atoms with Gasteiger partial charge in [-0.1, -0.05) is 42.5 Å². The van der Waals surface area contributed by atoms with Crippen LogP contribution in [0.3, 0.4) is 0 Å². The number of piperidine rings is 1. The molecule has 7 atom stereocenters. The van der Waals surface area contributed by atoms with Crippen LogP contribution in [0.1, 0.15) is 24.8 Å². The van der Waals surface area contributed by atoms with E-state index in [1.54, 1.807) is 0 Å². The lowest BCUT2D eigenvalue weighted by molar-refractivity contribution is -0.229. The molecule has 2 aliphatic carbocycles. The Balaban J connectivity index is 1.11. The average Bonchev–Trinajstić information content (AvgIpc) is 3.54. The Bertz CT molecular complexity index is 983. The molecular formula is C23H25N3O6. The van der Waals surface area contributed by atoms with Crippen molar-refractivity contribution in [2.45, 2.75) is 44.2 Å². The third-order valence-electron chi connectivity index (χ3n) is 7.60. The number of carbonyl (C=O) groups excluding carboxylic acids is 3. The number of nitrogens with zero attached hydrogens (tertiary/aromatic N) is 3. The van der Waals surface area contributed by atoms with E-state index in [0.717, 1.165) is 17.0 Å². The van der Waals surface area contributed by atoms with Gasteiger partial charge in [-0.15, -0.1) is 5.06 Å². The molecule has 4 bridgehead atoms. The smallest absolute Gasteiger partial charge is 0.354 e. The highest BCUT2D eigenvalue weighted by Crippen LogP contribution is 2.54. The topological polar surface area (TPSA) is 99.6 Å². The van der Waals surface area contributed by atoms with E-state index in [4.69, 9.17) is 9.68 Å². The summed E-state index contributed by atoms with van der Waals surface area (Å²) in [7, 11) is 0. The molecule has 9 heteroatoms. The third kappa shape index (κ3) is 2.87. The van der Waals surface area contributed by atoms with Gasteiger partial charge in [-0.2, -0.15) is 5.06 Å². The molecule has 32 heavy (non-hydrogen) atoms. The van der Waals surface area contributed by atoms with Crippen LogP contribution in [-0.4, -0.2) is 62.9 Å². The minimum Gasteiger partial charge on any atom is -0.370 e. The highest BCUT2D eigenvalue weighted by atomic mass is 16.7. The molecule has 0 aromatic heterocycles. The monoisotopic (exact) mass is 439 g/mol. The minimum absolute atomic E-state index is 0.0989. The summed E-state index contributed by atoms with van der Waals surface area (Å²) in [4.78, 5) is 51.4. The van der Waals surface area contributed by atoms with Crippen molar-refractivity contribution >= 4 is 17.9 Å². The minimum atomic E-state index is -1.15. The van der Waals surface area contributed by atoms with E-state index in [9.17, 15) is 19.5 Å². The number of carbonyl (C=O) groups is 3. The van der Waals surface area contributed by atoms with Gasteiger partial charge < -0.3 is 14.8 Å². The third-order valence-corrected chi connectivity index (χ3v) is 7.60. The maximum atomic E-state index is 13.0. The van der Waals surface area contributed by atoms with E-state index >= 15 is 0 Å². The van der Waals surface area contributed by atoms with E-state index < -0.39 is 18.2 Å². The second-order valence-electron chi connectivity index (χ2n) is 9.31. The Kier molecular flexibility index (Phi) is 4.51. The van der Waals surface area contributed by atoms with Gasteiger partial charge in [-0.25, -0.2) is 9.59 Å². The van der Waals surface area contributed by atoms with E-state index in [0.29, 0.717) is 19.4 Å². The molecule has 3 saturated heterocycles.